The fraction of sp³-hybridized carbons (Fsp3) is 0.217. The largest absolute Gasteiger partial charge is 0.495 e. The number of benzene rings is 2. The van der Waals surface area contributed by atoms with Crippen LogP contribution in [0.3, 0.4) is 0 Å². The summed E-state index contributed by atoms with van der Waals surface area (Å²) < 4.78 is 52.9. The molecule has 0 spiro atoms. The van der Waals surface area contributed by atoms with Crippen molar-refractivity contribution in [2.45, 2.75) is 18.0 Å². The van der Waals surface area contributed by atoms with E-state index in [2.05, 4.69) is 10.4 Å². The maximum absolute atomic E-state index is 13.6. The molecule has 9 nitrogen and oxygen atoms in total. The van der Waals surface area contributed by atoms with E-state index in [-0.39, 0.29) is 18.9 Å². The number of carbonyl (C=O) groups is 1. The lowest BCUT2D eigenvalue weighted by Gasteiger charge is -2.19. The van der Waals surface area contributed by atoms with Gasteiger partial charge in [0, 0.05) is 27.7 Å². The second kappa shape index (κ2) is 10.9. The molecule has 0 radical (unpaired) electrons. The normalized spacial score (nSPS) is 14.4. The lowest BCUT2D eigenvalue weighted by Crippen LogP contribution is -2.39. The zero-order valence-corrected chi connectivity index (χ0v) is 21.3. The summed E-state index contributed by atoms with van der Waals surface area (Å²) in [7, 11) is -3.14. The Morgan fingerprint density at radius 1 is 1.25 bits per heavy atom. The molecule has 13 heteroatoms. The number of hydrogen-bond acceptors (Lipinski definition) is 6. The first kappa shape index (κ1) is 26.0. The Kier molecular flexibility index (Phi) is 7.84. The lowest BCUT2D eigenvalue weighted by molar-refractivity contribution is 0.145. The minimum Gasteiger partial charge on any atom is -0.495 e. The third kappa shape index (κ3) is 5.81. The second-order valence-electron chi connectivity index (χ2n) is 7.74. The fourth-order valence-electron chi connectivity index (χ4n) is 3.67. The number of amides is 2. The van der Waals surface area contributed by atoms with Gasteiger partial charge in [0.05, 0.1) is 38.8 Å². The van der Waals surface area contributed by atoms with E-state index in [0.717, 1.165) is 40.6 Å². The van der Waals surface area contributed by atoms with E-state index in [1.807, 2.05) is 10.8 Å². The number of fused-ring (bicyclic) bond motifs is 1. The molecule has 1 aromatic heterocycles. The summed E-state index contributed by atoms with van der Waals surface area (Å²) in [6, 6.07) is 7.21. The average molecular weight is 555 g/mol. The average Bonchev–Trinajstić information content (AvgIpc) is 3.24. The van der Waals surface area contributed by atoms with Crippen LogP contribution in [0.15, 0.2) is 53.6 Å². The van der Waals surface area contributed by atoms with E-state index < -0.39 is 26.8 Å². The quantitative estimate of drug-likeness (QED) is 0.456. The highest BCUT2D eigenvalue weighted by Gasteiger charge is 2.24. The molecule has 2 N–H and O–H groups in total. The summed E-state index contributed by atoms with van der Waals surface area (Å²) in [6.07, 6.45) is 3.40. The molecule has 0 saturated heterocycles. The number of carbonyl (C=O) groups excluding carboxylic acids is 1. The number of rotatable bonds is 7. The van der Waals surface area contributed by atoms with Gasteiger partial charge in [-0.3, -0.25) is 4.68 Å². The molecule has 0 bridgehead atoms. The number of urea groups is 1. The van der Waals surface area contributed by atoms with E-state index in [1.54, 1.807) is 29.1 Å². The predicted octanol–water partition coefficient (Wildman–Crippen LogP) is 3.99. The van der Waals surface area contributed by atoms with Crippen LogP contribution in [0.25, 0.3) is 5.57 Å². The molecule has 190 valence electrons. The molecule has 0 aliphatic carbocycles. The molecule has 2 amide bonds. The van der Waals surface area contributed by atoms with Crippen LogP contribution >= 0.6 is 23.2 Å². The van der Waals surface area contributed by atoms with Gasteiger partial charge in [0.25, 0.3) is 10.0 Å². The number of sulfonamides is 1. The molecule has 4 rings (SSSR count). The first-order valence-electron chi connectivity index (χ1n) is 10.6. The van der Waals surface area contributed by atoms with Crippen molar-refractivity contribution in [3.8, 4) is 5.75 Å². The molecule has 0 fully saturated rings. The summed E-state index contributed by atoms with van der Waals surface area (Å²) in [5, 5.41) is 7.94. The number of halogens is 3. The van der Waals surface area contributed by atoms with Crippen LogP contribution in [0.5, 0.6) is 5.75 Å². The molecule has 3 aromatic rings. The van der Waals surface area contributed by atoms with Gasteiger partial charge in [-0.2, -0.15) is 5.10 Å². The van der Waals surface area contributed by atoms with Crippen LogP contribution in [-0.2, 0) is 27.9 Å². The summed E-state index contributed by atoms with van der Waals surface area (Å²) >= 11 is 12.3. The summed E-state index contributed by atoms with van der Waals surface area (Å²) in [5.41, 5.74) is 3.27. The number of nitrogens with one attached hydrogen (secondary N) is 2. The second-order valence-corrected chi connectivity index (χ2v) is 10.2. The molecule has 0 atom stereocenters. The fourth-order valence-corrected chi connectivity index (χ4v) is 5.25. The van der Waals surface area contributed by atoms with Gasteiger partial charge >= 0.3 is 6.03 Å². The minimum atomic E-state index is -4.38. The maximum atomic E-state index is 13.6. The number of hydrogen-bond donors (Lipinski definition) is 2. The highest BCUT2D eigenvalue weighted by atomic mass is 35.5. The molecule has 36 heavy (non-hydrogen) atoms. The van der Waals surface area contributed by atoms with Gasteiger partial charge < -0.3 is 14.8 Å². The van der Waals surface area contributed by atoms with Crippen molar-refractivity contribution < 1.29 is 27.1 Å². The summed E-state index contributed by atoms with van der Waals surface area (Å²) in [4.78, 5) is 11.8. The van der Waals surface area contributed by atoms with Crippen LogP contribution < -0.4 is 14.8 Å². The lowest BCUT2D eigenvalue weighted by atomic mass is 10.1. The molecular formula is C23H21Cl2FN4O5S. The van der Waals surface area contributed by atoms with Gasteiger partial charge in [0.1, 0.15) is 16.5 Å². The Morgan fingerprint density at radius 3 is 2.81 bits per heavy atom. The van der Waals surface area contributed by atoms with Crippen LogP contribution in [0.2, 0.25) is 10.0 Å². The van der Waals surface area contributed by atoms with Gasteiger partial charge in [-0.25, -0.2) is 22.3 Å². The highest BCUT2D eigenvalue weighted by Crippen LogP contribution is 2.28. The molecule has 2 aromatic carbocycles. The number of ether oxygens (including phenoxy) is 2. The van der Waals surface area contributed by atoms with Gasteiger partial charge in [0.2, 0.25) is 0 Å². The Labute approximate surface area is 216 Å². The highest BCUT2D eigenvalue weighted by molar-refractivity contribution is 7.90. The van der Waals surface area contributed by atoms with Crippen LogP contribution in [0.1, 0.15) is 16.8 Å². The predicted molar refractivity (Wildman–Crippen MR) is 132 cm³/mol. The minimum absolute atomic E-state index is 0.00729. The molecule has 2 heterocycles. The van der Waals surface area contributed by atoms with Crippen LogP contribution in [0.4, 0.5) is 9.18 Å². The van der Waals surface area contributed by atoms with Crippen molar-refractivity contribution in [2.75, 3.05) is 20.3 Å². The molecule has 1 aliphatic rings. The van der Waals surface area contributed by atoms with E-state index in [9.17, 15) is 17.6 Å². The zero-order chi connectivity index (χ0) is 25.9. The van der Waals surface area contributed by atoms with E-state index in [1.165, 1.54) is 7.11 Å². The first-order valence-corrected chi connectivity index (χ1v) is 12.8. The summed E-state index contributed by atoms with van der Waals surface area (Å²) in [5.74, 6) is -0.884. The molecule has 0 unspecified atom stereocenters. The van der Waals surface area contributed by atoms with Crippen molar-refractivity contribution in [3.05, 3.63) is 81.4 Å². The number of methoxy groups -OCH3 is 1. The molecule has 1 aliphatic heterocycles. The maximum Gasteiger partial charge on any atom is 0.328 e. The SMILES string of the molecule is COc1ccc(F)cc1S(=O)(=O)NC(=O)NC/C=C1\COCc2cnn(Cc3ccc(Cl)cc3Cl)c21. The van der Waals surface area contributed by atoms with Crippen LogP contribution in [-0.4, -0.2) is 44.5 Å². The number of nitrogens with zero attached hydrogens (tertiary/aromatic N) is 2. The molecule has 0 saturated carbocycles. The first-order chi connectivity index (χ1) is 17.2. The third-order valence-corrected chi connectivity index (χ3v) is 7.26. The Morgan fingerprint density at radius 2 is 2.06 bits per heavy atom. The van der Waals surface area contributed by atoms with Crippen LogP contribution in [0, 0.1) is 5.82 Å². The monoisotopic (exact) mass is 554 g/mol. The van der Waals surface area contributed by atoms with E-state index in [4.69, 9.17) is 32.7 Å². The van der Waals surface area contributed by atoms with Crippen molar-refractivity contribution in [1.82, 2.24) is 19.8 Å². The smallest absolute Gasteiger partial charge is 0.328 e. The standard InChI is InChI=1S/C23H21Cl2FN4O5S/c1-34-20-5-4-18(26)9-21(20)36(32,33)29-23(31)27-7-6-15-12-35-13-16-10-28-30(22(15)16)11-14-2-3-17(24)8-19(14)25/h2-6,8-10H,7,11-13H2,1H3,(H2,27,29,31)/b15-6+. The third-order valence-electron chi connectivity index (χ3n) is 5.32. The van der Waals surface area contributed by atoms with Gasteiger partial charge in [-0.1, -0.05) is 35.3 Å². The number of aromatic nitrogens is 2. The van der Waals surface area contributed by atoms with Gasteiger partial charge in [0.15, 0.2) is 0 Å². The van der Waals surface area contributed by atoms with E-state index in [0.29, 0.717) is 23.2 Å². The van der Waals surface area contributed by atoms with Crippen molar-refractivity contribution in [3.63, 3.8) is 0 Å². The topological polar surface area (TPSA) is 112 Å². The van der Waals surface area contributed by atoms with E-state index >= 15 is 0 Å². The van der Waals surface area contributed by atoms with Crippen molar-refractivity contribution in [2.24, 2.45) is 0 Å². The van der Waals surface area contributed by atoms with Gasteiger partial charge in [-0.05, 0) is 35.9 Å². The Bertz CT molecular complexity index is 1440. The summed E-state index contributed by atoms with van der Waals surface area (Å²) in [6.45, 7) is 1.04. The Balaban J connectivity index is 1.46. The zero-order valence-electron chi connectivity index (χ0n) is 18.9. The van der Waals surface area contributed by atoms with Gasteiger partial charge in [-0.15, -0.1) is 0 Å². The Hall–Kier alpha value is -3.12. The molecular weight excluding hydrogens is 534 g/mol. The van der Waals surface area contributed by atoms with Crippen molar-refractivity contribution >= 4 is 44.8 Å². The van der Waals surface area contributed by atoms with Crippen molar-refractivity contribution in [1.29, 1.82) is 0 Å².